The molecule has 0 saturated carbocycles. The maximum absolute atomic E-state index is 5.26. The monoisotopic (exact) mass is 275 g/mol. The van der Waals surface area contributed by atoms with Crippen molar-refractivity contribution in [1.29, 1.82) is 0 Å². The summed E-state index contributed by atoms with van der Waals surface area (Å²) in [6, 6.07) is 11.6. The quantitative estimate of drug-likeness (QED) is 0.600. The summed E-state index contributed by atoms with van der Waals surface area (Å²) in [6.07, 6.45) is 6.30. The molecule has 0 spiro atoms. The molecule has 77 valence electrons. The van der Waals surface area contributed by atoms with Gasteiger partial charge in [-0.2, -0.15) is 35.9 Å². The summed E-state index contributed by atoms with van der Waals surface area (Å²) in [5.74, 6) is 2.65. The summed E-state index contributed by atoms with van der Waals surface area (Å²) in [5.41, 5.74) is 1.33. The Hall–Kier alpha value is -0.156. The van der Waals surface area contributed by atoms with Crippen molar-refractivity contribution in [3.8, 4) is 12.3 Å². The number of rotatable bonds is 4. The Morgan fingerprint density at radius 2 is 2.07 bits per heavy atom. The first-order chi connectivity index (χ1) is 6.74. The van der Waals surface area contributed by atoms with E-state index in [9.17, 15) is 0 Å². The van der Waals surface area contributed by atoms with E-state index in [2.05, 4.69) is 43.0 Å². The van der Waals surface area contributed by atoms with Crippen LogP contribution in [0.25, 0.3) is 0 Å². The van der Waals surface area contributed by atoms with E-state index >= 15 is 0 Å². The molecule has 0 aliphatic heterocycles. The van der Waals surface area contributed by atoms with E-state index in [1.807, 2.05) is 12.1 Å². The van der Waals surface area contributed by atoms with Crippen molar-refractivity contribution >= 4 is 0 Å². The topological polar surface area (TPSA) is 3.24 Å². The Balaban J connectivity index is 0.00000196. The zero-order chi connectivity index (χ0) is 10.4. The molecule has 15 heavy (non-hydrogen) atoms. The zero-order valence-electron chi connectivity index (χ0n) is 9.40. The molecule has 0 aliphatic rings. The molecule has 1 unspecified atom stereocenters. The van der Waals surface area contributed by atoms with Gasteiger partial charge in [0.05, 0.1) is 6.54 Å². The number of nitrogens with zero attached hydrogens (tertiary/aromatic N) is 1. The molecule has 0 aliphatic carbocycles. The second-order valence-electron chi connectivity index (χ2n) is 3.58. The molecule has 0 bridgehead atoms. The van der Waals surface area contributed by atoms with Crippen LogP contribution >= 0.6 is 0 Å². The van der Waals surface area contributed by atoms with E-state index in [1.54, 1.807) is 0 Å². The Labute approximate surface area is 118 Å². The molecule has 0 fully saturated rings. The van der Waals surface area contributed by atoms with E-state index in [1.165, 1.54) is 5.56 Å². The molecule has 2 heteroatoms. The van der Waals surface area contributed by atoms with Gasteiger partial charge in [-0.05, 0) is 20.4 Å². The van der Waals surface area contributed by atoms with Gasteiger partial charge in [-0.3, -0.25) is 4.90 Å². The third kappa shape index (κ3) is 5.47. The van der Waals surface area contributed by atoms with Crippen molar-refractivity contribution in [2.24, 2.45) is 0 Å². The Kier molecular flexibility index (Phi) is 7.97. The molecule has 0 heterocycles. The van der Waals surface area contributed by atoms with Gasteiger partial charge >= 0.3 is 0 Å². The zero-order valence-corrected chi connectivity index (χ0v) is 12.2. The molecule has 1 radical (unpaired) electrons. The molecule has 0 N–H and O–H groups in total. The van der Waals surface area contributed by atoms with Crippen molar-refractivity contribution in [2.45, 2.75) is 19.4 Å². The summed E-state index contributed by atoms with van der Waals surface area (Å²) in [7, 11) is 2.06. The van der Waals surface area contributed by atoms with Gasteiger partial charge in [0.15, 0.2) is 0 Å². The van der Waals surface area contributed by atoms with Crippen molar-refractivity contribution in [3.05, 3.63) is 35.9 Å². The van der Waals surface area contributed by atoms with Crippen molar-refractivity contribution < 1.29 is 32.7 Å². The smallest absolute Gasteiger partial charge is 0.0598 e. The van der Waals surface area contributed by atoms with Crippen LogP contribution in [0.15, 0.2) is 24.3 Å². The van der Waals surface area contributed by atoms with Gasteiger partial charge in [-0.1, -0.05) is 5.92 Å². The van der Waals surface area contributed by atoms with Gasteiger partial charge in [-0.25, -0.2) is 0 Å². The normalized spacial score (nSPS) is 11.6. The standard InChI is InChI=1S/C13H16N.Y/c1-4-10-14(3)12(2)11-13-8-6-5-7-9-13;/h1,6-9,12H,10-11H2,2-3H3;/q-1;. The molecular formula is C13H16NY-. The van der Waals surface area contributed by atoms with Gasteiger partial charge in [0.1, 0.15) is 0 Å². The second-order valence-corrected chi connectivity index (χ2v) is 3.58. The maximum Gasteiger partial charge on any atom is 0.0598 e. The van der Waals surface area contributed by atoms with E-state index in [0.29, 0.717) is 12.6 Å². The van der Waals surface area contributed by atoms with Gasteiger partial charge in [0.25, 0.3) is 0 Å². The van der Waals surface area contributed by atoms with E-state index in [-0.39, 0.29) is 32.7 Å². The van der Waals surface area contributed by atoms with Crippen LogP contribution in [0.3, 0.4) is 0 Å². The third-order valence-corrected chi connectivity index (χ3v) is 2.41. The summed E-state index contributed by atoms with van der Waals surface area (Å²) in [6.45, 7) is 2.90. The Morgan fingerprint density at radius 1 is 1.47 bits per heavy atom. The first-order valence-electron chi connectivity index (χ1n) is 4.82. The molecule has 1 aromatic carbocycles. The minimum absolute atomic E-state index is 0. The van der Waals surface area contributed by atoms with Crippen LogP contribution in [-0.2, 0) is 39.1 Å². The predicted molar refractivity (Wildman–Crippen MR) is 59.9 cm³/mol. The van der Waals surface area contributed by atoms with Crippen LogP contribution in [0.4, 0.5) is 0 Å². The SMILES string of the molecule is C#CCN(C)C(C)Cc1cc[c-]cc1.[Y]. The van der Waals surface area contributed by atoms with Crippen LogP contribution in [-0.4, -0.2) is 24.5 Å². The van der Waals surface area contributed by atoms with Gasteiger partial charge in [0.2, 0.25) is 0 Å². The van der Waals surface area contributed by atoms with Crippen molar-refractivity contribution in [3.63, 3.8) is 0 Å². The molecule has 1 rings (SSSR count). The van der Waals surface area contributed by atoms with Crippen LogP contribution in [0.1, 0.15) is 12.5 Å². The van der Waals surface area contributed by atoms with Crippen LogP contribution in [0.2, 0.25) is 0 Å². The minimum Gasteiger partial charge on any atom is -0.292 e. The molecule has 0 amide bonds. The Bertz CT molecular complexity index is 302. The number of likely N-dealkylation sites (N-methyl/N-ethyl adjacent to an activating group) is 1. The van der Waals surface area contributed by atoms with E-state index in [4.69, 9.17) is 6.42 Å². The molecule has 1 atom stereocenters. The first kappa shape index (κ1) is 14.8. The van der Waals surface area contributed by atoms with E-state index in [0.717, 1.165) is 6.42 Å². The predicted octanol–water partition coefficient (Wildman–Crippen LogP) is 1.98. The maximum atomic E-state index is 5.26. The second kappa shape index (κ2) is 8.05. The third-order valence-electron chi connectivity index (χ3n) is 2.41. The summed E-state index contributed by atoms with van der Waals surface area (Å²) >= 11 is 0. The average molecular weight is 275 g/mol. The fourth-order valence-corrected chi connectivity index (χ4v) is 1.35. The van der Waals surface area contributed by atoms with Crippen molar-refractivity contribution in [1.82, 2.24) is 4.90 Å². The largest absolute Gasteiger partial charge is 0.292 e. The molecule has 1 aromatic rings. The molecule has 0 aromatic heterocycles. The van der Waals surface area contributed by atoms with Gasteiger partial charge in [-0.15, -0.1) is 6.42 Å². The van der Waals surface area contributed by atoms with Gasteiger partial charge in [0, 0.05) is 38.8 Å². The van der Waals surface area contributed by atoms with E-state index < -0.39 is 0 Å². The summed E-state index contributed by atoms with van der Waals surface area (Å²) in [5, 5.41) is 0. The van der Waals surface area contributed by atoms with Crippen LogP contribution in [0.5, 0.6) is 0 Å². The van der Waals surface area contributed by atoms with Crippen molar-refractivity contribution in [2.75, 3.05) is 13.6 Å². The number of terminal acetylenes is 1. The fraction of sp³-hybridized carbons (Fsp3) is 0.385. The molecular weight excluding hydrogens is 259 g/mol. The minimum atomic E-state index is 0. The number of hydrogen-bond donors (Lipinski definition) is 0. The fourth-order valence-electron chi connectivity index (χ4n) is 1.35. The Morgan fingerprint density at radius 3 is 2.60 bits per heavy atom. The molecule has 1 nitrogen and oxygen atoms in total. The summed E-state index contributed by atoms with van der Waals surface area (Å²) in [4.78, 5) is 2.18. The number of hydrogen-bond acceptors (Lipinski definition) is 1. The summed E-state index contributed by atoms with van der Waals surface area (Å²) < 4.78 is 0. The molecule has 0 saturated heterocycles. The van der Waals surface area contributed by atoms with Gasteiger partial charge < -0.3 is 0 Å². The van der Waals surface area contributed by atoms with Crippen LogP contribution in [0, 0.1) is 18.4 Å². The average Bonchev–Trinajstić information content (AvgIpc) is 2.19. The van der Waals surface area contributed by atoms with Crippen LogP contribution < -0.4 is 0 Å². The first-order valence-corrected chi connectivity index (χ1v) is 4.82. The number of benzene rings is 1.